The molecule has 1 atom stereocenters. The lowest BCUT2D eigenvalue weighted by molar-refractivity contribution is -0.139. The Morgan fingerprint density at radius 1 is 1.53 bits per heavy atom. The second kappa shape index (κ2) is 5.34. The molecule has 3 N–H and O–H groups in total. The number of carboxylic acids is 1. The molecule has 2 rings (SSSR count). The van der Waals surface area contributed by atoms with Gasteiger partial charge in [-0.15, -0.1) is 0 Å². The molecule has 0 spiro atoms. The summed E-state index contributed by atoms with van der Waals surface area (Å²) in [6.45, 7) is 0. The molecule has 0 aliphatic carbocycles. The number of hydrogen-bond acceptors (Lipinski definition) is 4. The largest absolute Gasteiger partial charge is 0.480 e. The molecule has 19 heavy (non-hydrogen) atoms. The van der Waals surface area contributed by atoms with Crippen LogP contribution >= 0.6 is 0 Å². The van der Waals surface area contributed by atoms with Gasteiger partial charge < -0.3 is 15.4 Å². The van der Waals surface area contributed by atoms with Crippen molar-refractivity contribution in [2.24, 2.45) is 7.05 Å². The Morgan fingerprint density at radius 3 is 2.84 bits per heavy atom. The average molecular weight is 263 g/mol. The number of aliphatic carboxylic acids is 1. The third kappa shape index (κ3) is 3.18. The number of aromatic nitrogens is 4. The van der Waals surface area contributed by atoms with Crippen molar-refractivity contribution in [3.05, 3.63) is 36.2 Å². The summed E-state index contributed by atoms with van der Waals surface area (Å²) < 4.78 is 1.47. The monoisotopic (exact) mass is 263 g/mol. The van der Waals surface area contributed by atoms with Crippen molar-refractivity contribution in [3.63, 3.8) is 0 Å². The molecule has 100 valence electrons. The van der Waals surface area contributed by atoms with Crippen LogP contribution in [0.15, 0.2) is 24.9 Å². The van der Waals surface area contributed by atoms with E-state index in [1.807, 2.05) is 0 Å². The van der Waals surface area contributed by atoms with E-state index in [1.54, 1.807) is 7.05 Å². The molecule has 8 nitrogen and oxygen atoms in total. The summed E-state index contributed by atoms with van der Waals surface area (Å²) in [5, 5.41) is 15.4. The summed E-state index contributed by atoms with van der Waals surface area (Å²) in [6, 6.07) is -1.02. The summed E-state index contributed by atoms with van der Waals surface area (Å²) in [5.74, 6) is -1.58. The number of nitrogens with zero attached hydrogens (tertiary/aromatic N) is 3. The molecule has 0 saturated heterocycles. The van der Waals surface area contributed by atoms with Gasteiger partial charge in [-0.1, -0.05) is 0 Å². The number of carbonyl (C=O) groups is 2. The molecule has 2 aromatic rings. The highest BCUT2D eigenvalue weighted by molar-refractivity contribution is 5.96. The van der Waals surface area contributed by atoms with Crippen LogP contribution in [0.5, 0.6) is 0 Å². The fourth-order valence-electron chi connectivity index (χ4n) is 1.60. The van der Waals surface area contributed by atoms with Gasteiger partial charge in [0, 0.05) is 31.6 Å². The lowest BCUT2D eigenvalue weighted by Gasteiger charge is -2.12. The zero-order chi connectivity index (χ0) is 13.8. The predicted octanol–water partition coefficient (Wildman–Crippen LogP) is -0.431. The highest BCUT2D eigenvalue weighted by Gasteiger charge is 2.22. The first-order valence-corrected chi connectivity index (χ1v) is 5.56. The van der Waals surface area contributed by atoms with Crippen LogP contribution < -0.4 is 5.32 Å². The van der Waals surface area contributed by atoms with Gasteiger partial charge in [-0.2, -0.15) is 5.10 Å². The number of hydrogen-bond donors (Lipinski definition) is 3. The first-order valence-electron chi connectivity index (χ1n) is 5.56. The summed E-state index contributed by atoms with van der Waals surface area (Å²) in [5.41, 5.74) is 0.956. The summed E-state index contributed by atoms with van der Waals surface area (Å²) in [7, 11) is 1.68. The second-order valence-electron chi connectivity index (χ2n) is 4.05. The number of carboxylic acid groups (broad SMARTS) is 1. The Hall–Kier alpha value is -2.64. The summed E-state index contributed by atoms with van der Waals surface area (Å²) in [6.07, 6.45) is 6.01. The molecule has 1 amide bonds. The number of H-pyrrole nitrogens is 1. The highest BCUT2D eigenvalue weighted by Crippen LogP contribution is 2.02. The normalized spacial score (nSPS) is 12.1. The van der Waals surface area contributed by atoms with Crippen molar-refractivity contribution in [1.29, 1.82) is 0 Å². The van der Waals surface area contributed by atoms with Crippen LogP contribution in [0.25, 0.3) is 0 Å². The van der Waals surface area contributed by atoms with Crippen molar-refractivity contribution >= 4 is 11.9 Å². The third-order valence-electron chi connectivity index (χ3n) is 2.55. The van der Waals surface area contributed by atoms with Gasteiger partial charge in [-0.3, -0.25) is 9.48 Å². The molecular formula is C11H13N5O3. The molecule has 0 fully saturated rings. The molecule has 0 aromatic carbocycles. The van der Waals surface area contributed by atoms with Crippen LogP contribution in [-0.2, 0) is 18.3 Å². The van der Waals surface area contributed by atoms with E-state index >= 15 is 0 Å². The number of rotatable bonds is 5. The highest BCUT2D eigenvalue weighted by atomic mass is 16.4. The number of amides is 1. The Morgan fingerprint density at radius 2 is 2.32 bits per heavy atom. The summed E-state index contributed by atoms with van der Waals surface area (Å²) >= 11 is 0. The van der Waals surface area contributed by atoms with Crippen molar-refractivity contribution < 1.29 is 14.7 Å². The van der Waals surface area contributed by atoms with Crippen LogP contribution in [0, 0.1) is 0 Å². The molecular weight excluding hydrogens is 250 g/mol. The van der Waals surface area contributed by atoms with Gasteiger partial charge >= 0.3 is 5.97 Å². The molecule has 0 radical (unpaired) electrons. The van der Waals surface area contributed by atoms with Crippen molar-refractivity contribution in [2.75, 3.05) is 0 Å². The van der Waals surface area contributed by atoms with E-state index in [-0.39, 0.29) is 6.42 Å². The minimum atomic E-state index is -1.10. The van der Waals surface area contributed by atoms with E-state index in [2.05, 4.69) is 20.4 Å². The Bertz CT molecular complexity index is 575. The molecule has 8 heteroatoms. The maximum Gasteiger partial charge on any atom is 0.326 e. The number of carbonyl (C=O) groups excluding carboxylic acids is 1. The fraction of sp³-hybridized carbons (Fsp3) is 0.273. The van der Waals surface area contributed by atoms with Crippen LogP contribution in [0.4, 0.5) is 0 Å². The van der Waals surface area contributed by atoms with Gasteiger partial charge in [0.25, 0.3) is 5.91 Å². The zero-order valence-corrected chi connectivity index (χ0v) is 10.2. The lowest BCUT2D eigenvalue weighted by atomic mass is 10.1. The van der Waals surface area contributed by atoms with Gasteiger partial charge in [0.05, 0.1) is 18.1 Å². The van der Waals surface area contributed by atoms with Crippen LogP contribution in [0.3, 0.4) is 0 Å². The minimum Gasteiger partial charge on any atom is -0.480 e. The van der Waals surface area contributed by atoms with E-state index in [1.165, 1.54) is 29.6 Å². The van der Waals surface area contributed by atoms with Gasteiger partial charge in [-0.25, -0.2) is 9.78 Å². The first kappa shape index (κ1) is 12.8. The Labute approximate surface area is 108 Å². The molecule has 0 aliphatic heterocycles. The number of imidazole rings is 1. The maximum absolute atomic E-state index is 11.8. The van der Waals surface area contributed by atoms with Gasteiger partial charge in [0.1, 0.15) is 6.04 Å². The minimum absolute atomic E-state index is 0.140. The fourth-order valence-corrected chi connectivity index (χ4v) is 1.60. The number of aromatic amines is 1. The molecule has 2 heterocycles. The molecule has 2 aromatic heterocycles. The van der Waals surface area contributed by atoms with Gasteiger partial charge in [0.15, 0.2) is 0 Å². The van der Waals surface area contributed by atoms with E-state index in [0.29, 0.717) is 11.3 Å². The molecule has 0 bridgehead atoms. The average Bonchev–Trinajstić information content (AvgIpc) is 2.99. The van der Waals surface area contributed by atoms with Gasteiger partial charge in [0.2, 0.25) is 0 Å². The van der Waals surface area contributed by atoms with E-state index in [0.717, 1.165) is 0 Å². The van der Waals surface area contributed by atoms with Gasteiger partial charge in [-0.05, 0) is 0 Å². The summed E-state index contributed by atoms with van der Waals surface area (Å²) in [4.78, 5) is 29.6. The smallest absolute Gasteiger partial charge is 0.326 e. The first-order chi connectivity index (χ1) is 9.06. The van der Waals surface area contributed by atoms with Crippen molar-refractivity contribution in [3.8, 4) is 0 Å². The third-order valence-corrected chi connectivity index (χ3v) is 2.55. The topological polar surface area (TPSA) is 113 Å². The van der Waals surface area contributed by atoms with E-state index in [9.17, 15) is 9.59 Å². The van der Waals surface area contributed by atoms with Crippen LogP contribution in [0.1, 0.15) is 16.1 Å². The molecule has 0 saturated carbocycles. The lowest BCUT2D eigenvalue weighted by Crippen LogP contribution is -2.42. The zero-order valence-electron chi connectivity index (χ0n) is 10.2. The SMILES string of the molecule is Cn1cc(C(=O)N[C@H](Cc2cnc[nH]2)C(=O)O)cn1. The number of nitrogens with one attached hydrogen (secondary N) is 2. The van der Waals surface area contributed by atoms with Crippen LogP contribution in [-0.4, -0.2) is 42.8 Å². The number of aryl methyl sites for hydroxylation is 1. The van der Waals surface area contributed by atoms with E-state index in [4.69, 9.17) is 5.11 Å². The molecule has 0 aliphatic rings. The second-order valence-corrected chi connectivity index (χ2v) is 4.05. The van der Waals surface area contributed by atoms with E-state index < -0.39 is 17.9 Å². The Balaban J connectivity index is 2.04. The van der Waals surface area contributed by atoms with Crippen LogP contribution in [0.2, 0.25) is 0 Å². The standard InChI is InChI=1S/C11H13N5O3/c1-16-5-7(3-14-16)10(17)15-9(11(18)19)2-8-4-12-6-13-8/h3-6,9H,2H2,1H3,(H,12,13)(H,15,17)(H,18,19)/t9-/m1/s1. The predicted molar refractivity (Wildman–Crippen MR) is 64.4 cm³/mol. The maximum atomic E-state index is 11.8. The van der Waals surface area contributed by atoms with Crippen molar-refractivity contribution in [1.82, 2.24) is 25.1 Å². The Kier molecular flexibility index (Phi) is 3.60. The van der Waals surface area contributed by atoms with Crippen molar-refractivity contribution in [2.45, 2.75) is 12.5 Å². The molecule has 0 unspecified atom stereocenters. The quantitative estimate of drug-likeness (QED) is 0.677.